The van der Waals surface area contributed by atoms with Gasteiger partial charge in [0.15, 0.2) is 0 Å². The summed E-state index contributed by atoms with van der Waals surface area (Å²) in [4.78, 5) is 0. The summed E-state index contributed by atoms with van der Waals surface area (Å²) in [7, 11) is 0. The highest BCUT2D eigenvalue weighted by Crippen LogP contribution is 2.41. The van der Waals surface area contributed by atoms with E-state index in [-0.39, 0.29) is 11.2 Å². The minimum Gasteiger partial charge on any atom is -0.558 e. The molecular weight excluding hydrogens is 151 g/mol. The molecule has 0 amide bonds. The van der Waals surface area contributed by atoms with Crippen molar-refractivity contribution < 1.29 is 9.31 Å². The van der Waals surface area contributed by atoms with Gasteiger partial charge in [-0.05, 0) is 27.7 Å². The van der Waals surface area contributed by atoms with E-state index in [1.807, 2.05) is 34.5 Å². The summed E-state index contributed by atoms with van der Waals surface area (Å²) in [5.41, 5.74) is -0.480. The lowest BCUT2D eigenvalue weighted by molar-refractivity contribution is 0.00578. The zero-order valence-corrected chi connectivity index (χ0v) is 8.68. The molecule has 1 aliphatic rings. The first-order valence-electron chi connectivity index (χ1n) is 4.45. The van der Waals surface area contributed by atoms with Gasteiger partial charge in [-0.3, -0.25) is 0 Å². The van der Waals surface area contributed by atoms with Crippen LogP contribution in [0.3, 0.4) is 0 Å². The van der Waals surface area contributed by atoms with Crippen molar-refractivity contribution in [2.24, 2.45) is 0 Å². The van der Waals surface area contributed by atoms with Crippen LogP contribution in [0, 0.1) is 0 Å². The average molecular weight is 169 g/mol. The van der Waals surface area contributed by atoms with E-state index in [0.29, 0.717) is 0 Å². The van der Waals surface area contributed by atoms with Crippen LogP contribution in [-0.4, -0.2) is 17.8 Å². The third kappa shape index (κ3) is 1.32. The van der Waals surface area contributed by atoms with E-state index in [1.165, 1.54) is 0 Å². The van der Waals surface area contributed by atoms with Crippen LogP contribution in [-0.2, 0) is 9.31 Å². The first-order valence-corrected chi connectivity index (χ1v) is 4.45. The van der Waals surface area contributed by atoms with Gasteiger partial charge in [-0.1, -0.05) is 0 Å². The molecule has 0 atom stereocenters. The van der Waals surface area contributed by atoms with Crippen LogP contribution in [0.15, 0.2) is 12.6 Å². The predicted molar refractivity (Wildman–Crippen MR) is 52.1 cm³/mol. The van der Waals surface area contributed by atoms with E-state index in [0.717, 1.165) is 0 Å². The molecule has 0 saturated carbocycles. The normalized spacial score (nSPS) is 30.1. The van der Waals surface area contributed by atoms with Crippen molar-refractivity contribution in [2.75, 3.05) is 0 Å². The first-order chi connectivity index (χ1) is 5.22. The number of rotatable bonds is 1. The molecule has 0 aromatic carbocycles. The molecule has 0 unspecified atom stereocenters. The summed E-state index contributed by atoms with van der Waals surface area (Å²) in [6.07, 6.45) is 0. The van der Waals surface area contributed by atoms with Crippen molar-refractivity contribution >= 4 is 6.55 Å². The average Bonchev–Trinajstić information content (AvgIpc) is 1.99. The van der Waals surface area contributed by atoms with E-state index in [4.69, 9.17) is 9.31 Å². The molecule has 70 valence electrons. The van der Waals surface area contributed by atoms with Crippen molar-refractivity contribution in [1.29, 1.82) is 0 Å². The fourth-order valence-electron chi connectivity index (χ4n) is 1.57. The van der Waals surface area contributed by atoms with Crippen LogP contribution >= 0.6 is 0 Å². The summed E-state index contributed by atoms with van der Waals surface area (Å²) < 4.78 is 11.6. The quantitative estimate of drug-likeness (QED) is 0.561. The predicted octanol–water partition coefficient (Wildman–Crippen LogP) is 2.39. The second-order valence-electron chi connectivity index (χ2n) is 4.67. The van der Waals surface area contributed by atoms with Gasteiger partial charge in [0.2, 0.25) is 0 Å². The van der Waals surface area contributed by atoms with Gasteiger partial charge < -0.3 is 9.31 Å². The molecule has 12 heavy (non-hydrogen) atoms. The Labute approximate surface area is 74.9 Å². The Bertz CT molecular complexity index is 193. The van der Waals surface area contributed by atoms with Crippen LogP contribution in [0.2, 0.25) is 6.82 Å². The van der Waals surface area contributed by atoms with E-state index < -0.39 is 6.55 Å². The van der Waals surface area contributed by atoms with Crippen LogP contribution < -0.4 is 0 Å². The molecule has 0 spiro atoms. The highest BCUT2D eigenvalue weighted by molar-refractivity contribution is 6.72. The highest BCUT2D eigenvalue weighted by Gasteiger charge is 2.47. The Morgan fingerprint density at radius 2 is 1.42 bits per heavy atom. The van der Waals surface area contributed by atoms with Crippen LogP contribution in [0.25, 0.3) is 0 Å². The second-order valence-corrected chi connectivity index (χ2v) is 4.67. The molecule has 2 nitrogen and oxygen atoms in total. The maximum Gasteiger partial charge on any atom is 0.260 e. The van der Waals surface area contributed by atoms with Gasteiger partial charge in [-0.25, -0.2) is 0 Å². The van der Waals surface area contributed by atoms with Crippen molar-refractivity contribution in [3.8, 4) is 0 Å². The monoisotopic (exact) mass is 169 g/mol. The lowest BCUT2D eigenvalue weighted by atomic mass is 9.61. The third-order valence-corrected chi connectivity index (χ3v) is 2.94. The van der Waals surface area contributed by atoms with Crippen LogP contribution in [0.4, 0.5) is 0 Å². The molecule has 1 aliphatic heterocycles. The zero-order valence-electron chi connectivity index (χ0n) is 8.68. The van der Waals surface area contributed by atoms with Gasteiger partial charge in [0.05, 0.1) is 0 Å². The Morgan fingerprint density at radius 3 is 1.58 bits per heavy atom. The molecule has 1 heterocycles. The lowest BCUT2D eigenvalue weighted by Gasteiger charge is -2.37. The SMILES string of the molecule is C=C[B-]1(C)OC(C)(C)C(C)(C)O1. The van der Waals surface area contributed by atoms with Crippen LogP contribution in [0.5, 0.6) is 0 Å². The molecule has 1 saturated heterocycles. The maximum absolute atomic E-state index is 5.82. The van der Waals surface area contributed by atoms with E-state index in [2.05, 4.69) is 6.58 Å². The van der Waals surface area contributed by atoms with Gasteiger partial charge in [0.25, 0.3) is 6.55 Å². The summed E-state index contributed by atoms with van der Waals surface area (Å²) in [5, 5.41) is 0. The molecule has 1 fully saturated rings. The topological polar surface area (TPSA) is 18.5 Å². The molecule has 1 rings (SSSR count). The standard InChI is InChI=1S/C9H18BO2/c1-7-10(6)11-8(2,3)9(4,5)12-10/h7H,1H2,2-6H3/q-1. The summed E-state index contributed by atoms with van der Waals surface area (Å²) in [6, 6.07) is 0. The van der Waals surface area contributed by atoms with Gasteiger partial charge in [-0.15, -0.1) is 13.4 Å². The summed E-state index contributed by atoms with van der Waals surface area (Å²) in [5.74, 6) is 1.76. The molecule has 0 bridgehead atoms. The Hall–Kier alpha value is -0.275. The van der Waals surface area contributed by atoms with Crippen molar-refractivity contribution in [3.63, 3.8) is 0 Å². The molecule has 0 aromatic rings. The Balaban J connectivity index is 2.95. The van der Waals surface area contributed by atoms with Crippen molar-refractivity contribution in [3.05, 3.63) is 12.6 Å². The fraction of sp³-hybridized carbons (Fsp3) is 0.778. The maximum atomic E-state index is 5.82. The van der Waals surface area contributed by atoms with E-state index in [1.54, 1.807) is 5.98 Å². The summed E-state index contributed by atoms with van der Waals surface area (Å²) in [6.45, 7) is 12.6. The molecule has 0 radical (unpaired) electrons. The molecule has 0 aliphatic carbocycles. The Morgan fingerprint density at radius 1 is 1.08 bits per heavy atom. The van der Waals surface area contributed by atoms with Crippen LogP contribution in [0.1, 0.15) is 27.7 Å². The Kier molecular flexibility index (Phi) is 1.93. The van der Waals surface area contributed by atoms with Gasteiger partial charge in [-0.2, -0.15) is 5.98 Å². The van der Waals surface area contributed by atoms with Crippen molar-refractivity contribution in [2.45, 2.75) is 45.7 Å². The minimum absolute atomic E-state index is 0.240. The first kappa shape index (κ1) is 9.81. The molecular formula is C9H18BO2-. The molecule has 0 aromatic heterocycles. The highest BCUT2D eigenvalue weighted by atomic mass is 16.7. The molecule has 3 heteroatoms. The largest absolute Gasteiger partial charge is 0.558 e. The van der Waals surface area contributed by atoms with E-state index >= 15 is 0 Å². The number of hydrogen-bond acceptors (Lipinski definition) is 2. The van der Waals surface area contributed by atoms with Gasteiger partial charge in [0, 0.05) is 11.2 Å². The van der Waals surface area contributed by atoms with Gasteiger partial charge >= 0.3 is 0 Å². The zero-order chi connectivity index (χ0) is 9.62. The van der Waals surface area contributed by atoms with E-state index in [9.17, 15) is 0 Å². The summed E-state index contributed by atoms with van der Waals surface area (Å²) >= 11 is 0. The molecule has 0 N–H and O–H groups in total. The lowest BCUT2D eigenvalue weighted by Crippen LogP contribution is -2.41. The smallest absolute Gasteiger partial charge is 0.260 e. The number of hydrogen-bond donors (Lipinski definition) is 0. The van der Waals surface area contributed by atoms with Gasteiger partial charge in [0.1, 0.15) is 0 Å². The second kappa shape index (κ2) is 2.36. The fourth-order valence-corrected chi connectivity index (χ4v) is 1.57. The minimum atomic E-state index is -1.28. The van der Waals surface area contributed by atoms with Crippen molar-refractivity contribution in [1.82, 2.24) is 0 Å². The third-order valence-electron chi connectivity index (χ3n) is 2.94.